The Morgan fingerprint density at radius 1 is 1.24 bits per heavy atom. The molecule has 1 heterocycles. The summed E-state index contributed by atoms with van der Waals surface area (Å²) in [5, 5.41) is 2.95. The predicted octanol–water partition coefficient (Wildman–Crippen LogP) is 5.42. The van der Waals surface area contributed by atoms with E-state index in [0.717, 1.165) is 5.76 Å². The van der Waals surface area contributed by atoms with Crippen LogP contribution in [0.5, 0.6) is 5.75 Å². The van der Waals surface area contributed by atoms with Crippen LogP contribution in [0.3, 0.4) is 0 Å². The fourth-order valence-corrected chi connectivity index (χ4v) is 2.16. The molecule has 0 spiro atoms. The molecular weight excluding hydrogens is 351 g/mol. The van der Waals surface area contributed by atoms with E-state index in [0.29, 0.717) is 10.2 Å². The van der Waals surface area contributed by atoms with E-state index in [4.69, 9.17) is 4.42 Å². The van der Waals surface area contributed by atoms with E-state index in [-0.39, 0.29) is 17.5 Å². The van der Waals surface area contributed by atoms with E-state index in [1.165, 1.54) is 12.1 Å². The van der Waals surface area contributed by atoms with Gasteiger partial charge in [-0.05, 0) is 44.2 Å². The van der Waals surface area contributed by atoms with Crippen LogP contribution in [0.2, 0.25) is 0 Å². The van der Waals surface area contributed by atoms with Gasteiger partial charge in [0.15, 0.2) is 5.75 Å². The number of hydrogen-bond acceptors (Lipinski definition) is 3. The SMILES string of the molecule is Cc1ccc(C(C)Nc2ccc(Br)cc2OC(F)(F)F)o1. The highest BCUT2D eigenvalue weighted by Crippen LogP contribution is 2.35. The minimum atomic E-state index is -4.75. The summed E-state index contributed by atoms with van der Waals surface area (Å²) in [5.74, 6) is 1.07. The average Bonchev–Trinajstić information content (AvgIpc) is 2.77. The van der Waals surface area contributed by atoms with Gasteiger partial charge in [-0.15, -0.1) is 13.2 Å². The zero-order valence-corrected chi connectivity index (χ0v) is 12.9. The molecule has 1 N–H and O–H groups in total. The Labute approximate surface area is 128 Å². The Morgan fingerprint density at radius 2 is 1.95 bits per heavy atom. The molecule has 0 aliphatic carbocycles. The van der Waals surface area contributed by atoms with Gasteiger partial charge in [0.05, 0.1) is 11.7 Å². The lowest BCUT2D eigenvalue weighted by Gasteiger charge is -2.18. The first-order valence-corrected chi connectivity index (χ1v) is 6.92. The Bertz CT molecular complexity index is 625. The third kappa shape index (κ3) is 4.42. The summed E-state index contributed by atoms with van der Waals surface area (Å²) in [6.07, 6.45) is -4.75. The van der Waals surface area contributed by atoms with Gasteiger partial charge in [0.1, 0.15) is 11.5 Å². The quantitative estimate of drug-likeness (QED) is 0.787. The Morgan fingerprint density at radius 3 is 2.52 bits per heavy atom. The van der Waals surface area contributed by atoms with Crippen LogP contribution in [-0.2, 0) is 0 Å². The van der Waals surface area contributed by atoms with E-state index in [1.54, 1.807) is 32.0 Å². The third-order valence-electron chi connectivity index (χ3n) is 2.73. The van der Waals surface area contributed by atoms with Gasteiger partial charge >= 0.3 is 6.36 Å². The first-order chi connectivity index (χ1) is 9.74. The van der Waals surface area contributed by atoms with Gasteiger partial charge in [0.2, 0.25) is 0 Å². The number of hydrogen-bond donors (Lipinski definition) is 1. The molecule has 0 aliphatic heterocycles. The molecule has 114 valence electrons. The van der Waals surface area contributed by atoms with Gasteiger partial charge < -0.3 is 14.5 Å². The molecule has 0 radical (unpaired) electrons. The van der Waals surface area contributed by atoms with Gasteiger partial charge in [-0.2, -0.15) is 0 Å². The maximum absolute atomic E-state index is 12.4. The Kier molecular flexibility index (Phi) is 4.51. The van der Waals surface area contributed by atoms with Crippen molar-refractivity contribution in [1.29, 1.82) is 0 Å². The van der Waals surface area contributed by atoms with E-state index in [2.05, 4.69) is 26.0 Å². The highest BCUT2D eigenvalue weighted by atomic mass is 79.9. The van der Waals surface area contributed by atoms with Crippen LogP contribution in [0.25, 0.3) is 0 Å². The lowest BCUT2D eigenvalue weighted by molar-refractivity contribution is -0.274. The van der Waals surface area contributed by atoms with Gasteiger partial charge in [0, 0.05) is 4.47 Å². The number of halogens is 4. The fourth-order valence-electron chi connectivity index (χ4n) is 1.82. The third-order valence-corrected chi connectivity index (χ3v) is 3.22. The number of furan rings is 1. The fraction of sp³-hybridized carbons (Fsp3) is 0.286. The van der Waals surface area contributed by atoms with Gasteiger partial charge in [-0.3, -0.25) is 0 Å². The largest absolute Gasteiger partial charge is 0.573 e. The van der Waals surface area contributed by atoms with Crippen molar-refractivity contribution in [3.8, 4) is 5.75 Å². The summed E-state index contributed by atoms with van der Waals surface area (Å²) < 4.78 is 47.3. The molecule has 2 rings (SSSR count). The Hall–Kier alpha value is -1.63. The van der Waals surface area contributed by atoms with Crippen molar-refractivity contribution in [2.45, 2.75) is 26.3 Å². The summed E-state index contributed by atoms with van der Waals surface area (Å²) in [4.78, 5) is 0. The lowest BCUT2D eigenvalue weighted by atomic mass is 10.2. The molecule has 2 aromatic rings. The summed E-state index contributed by atoms with van der Waals surface area (Å²) in [6, 6.07) is 7.67. The molecule has 21 heavy (non-hydrogen) atoms. The molecule has 0 bridgehead atoms. The first-order valence-electron chi connectivity index (χ1n) is 6.13. The minimum Gasteiger partial charge on any atom is -0.464 e. The molecule has 0 amide bonds. The number of aryl methyl sites for hydroxylation is 1. The zero-order valence-electron chi connectivity index (χ0n) is 11.3. The molecule has 3 nitrogen and oxygen atoms in total. The van der Waals surface area contributed by atoms with Crippen LogP contribution in [-0.4, -0.2) is 6.36 Å². The van der Waals surface area contributed by atoms with E-state index >= 15 is 0 Å². The van der Waals surface area contributed by atoms with Crippen LogP contribution in [0.1, 0.15) is 24.5 Å². The minimum absolute atomic E-state index is 0.233. The van der Waals surface area contributed by atoms with Crippen molar-refractivity contribution < 1.29 is 22.3 Å². The molecule has 1 unspecified atom stereocenters. The standard InChI is InChI=1S/C14H13BrF3NO2/c1-8-3-6-12(20-8)9(2)19-11-5-4-10(15)7-13(11)21-14(16,17)18/h3-7,9,19H,1-2H3. The van der Waals surface area contributed by atoms with E-state index in [9.17, 15) is 13.2 Å². The van der Waals surface area contributed by atoms with E-state index in [1.807, 2.05) is 0 Å². The summed E-state index contributed by atoms with van der Waals surface area (Å²) in [6.45, 7) is 3.59. The van der Waals surface area contributed by atoms with Crippen LogP contribution in [0, 0.1) is 6.92 Å². The van der Waals surface area contributed by atoms with Crippen molar-refractivity contribution in [2.75, 3.05) is 5.32 Å². The normalized spacial score (nSPS) is 13.0. The van der Waals surface area contributed by atoms with Crippen molar-refractivity contribution in [1.82, 2.24) is 0 Å². The number of nitrogens with one attached hydrogen (secondary N) is 1. The number of benzene rings is 1. The second-order valence-corrected chi connectivity index (χ2v) is 5.42. The molecule has 0 aliphatic rings. The van der Waals surface area contributed by atoms with Crippen LogP contribution < -0.4 is 10.1 Å². The Balaban J connectivity index is 2.22. The van der Waals surface area contributed by atoms with Gasteiger partial charge in [0.25, 0.3) is 0 Å². The first kappa shape index (κ1) is 15.8. The molecule has 1 aromatic carbocycles. The molecular formula is C14H13BrF3NO2. The van der Waals surface area contributed by atoms with Crippen molar-refractivity contribution in [3.05, 3.63) is 46.3 Å². The zero-order chi connectivity index (χ0) is 15.6. The number of rotatable bonds is 4. The van der Waals surface area contributed by atoms with Crippen LogP contribution in [0.15, 0.2) is 39.2 Å². The summed E-state index contributed by atoms with van der Waals surface area (Å²) in [5.41, 5.74) is 0.233. The smallest absolute Gasteiger partial charge is 0.464 e. The van der Waals surface area contributed by atoms with Crippen molar-refractivity contribution in [2.24, 2.45) is 0 Å². The summed E-state index contributed by atoms with van der Waals surface area (Å²) >= 11 is 3.12. The second kappa shape index (κ2) is 6.01. The molecule has 1 aromatic heterocycles. The highest BCUT2D eigenvalue weighted by molar-refractivity contribution is 9.10. The second-order valence-electron chi connectivity index (χ2n) is 4.50. The van der Waals surface area contributed by atoms with Gasteiger partial charge in [-0.1, -0.05) is 15.9 Å². The maximum Gasteiger partial charge on any atom is 0.573 e. The molecule has 0 saturated carbocycles. The maximum atomic E-state index is 12.4. The summed E-state index contributed by atoms with van der Waals surface area (Å²) in [7, 11) is 0. The van der Waals surface area contributed by atoms with Crippen molar-refractivity contribution in [3.63, 3.8) is 0 Å². The van der Waals surface area contributed by atoms with E-state index < -0.39 is 6.36 Å². The average molecular weight is 364 g/mol. The number of alkyl halides is 3. The number of ether oxygens (including phenoxy) is 1. The molecule has 0 saturated heterocycles. The van der Waals surface area contributed by atoms with Crippen LogP contribution in [0.4, 0.5) is 18.9 Å². The highest BCUT2D eigenvalue weighted by Gasteiger charge is 2.32. The monoisotopic (exact) mass is 363 g/mol. The topological polar surface area (TPSA) is 34.4 Å². The van der Waals surface area contributed by atoms with Crippen molar-refractivity contribution >= 4 is 21.6 Å². The van der Waals surface area contributed by atoms with Gasteiger partial charge in [-0.25, -0.2) is 0 Å². The molecule has 1 atom stereocenters. The molecule has 7 heteroatoms. The number of anilines is 1. The van der Waals surface area contributed by atoms with Crippen LogP contribution >= 0.6 is 15.9 Å². The lowest BCUT2D eigenvalue weighted by Crippen LogP contribution is -2.18. The molecule has 0 fully saturated rings. The predicted molar refractivity (Wildman–Crippen MR) is 76.3 cm³/mol.